The molecule has 2 aliphatic rings. The first-order chi connectivity index (χ1) is 32.9. The summed E-state index contributed by atoms with van der Waals surface area (Å²) in [6, 6.07) is 56.1. The van der Waals surface area contributed by atoms with Gasteiger partial charge in [0.2, 0.25) is 0 Å². The Kier molecular flexibility index (Phi) is 12.6. The fraction of sp³-hybridized carbons (Fsp3) is 0.268. The average molecular weight is 893 g/mol. The molecule has 340 valence electrons. The maximum Gasteiger partial charge on any atom is 0.167 e. The zero-order valence-corrected chi connectivity index (χ0v) is 37.7. The molecule has 1 aliphatic carbocycles. The van der Waals surface area contributed by atoms with Crippen LogP contribution < -0.4 is 20.1 Å². The van der Waals surface area contributed by atoms with Crippen LogP contribution in [0.25, 0.3) is 11.2 Å². The number of anilines is 1. The average Bonchev–Trinajstić information content (AvgIpc) is 3.98. The second-order valence-corrected chi connectivity index (χ2v) is 17.6. The van der Waals surface area contributed by atoms with E-state index in [2.05, 4.69) is 71.3 Å². The summed E-state index contributed by atoms with van der Waals surface area (Å²) >= 11 is 0. The molecule has 3 heterocycles. The molecule has 0 spiro atoms. The Bertz CT molecular complexity index is 2760. The lowest BCUT2D eigenvalue weighted by atomic mass is 9.64. The molecule has 5 atom stereocenters. The normalized spacial score (nSPS) is 19.5. The van der Waals surface area contributed by atoms with Gasteiger partial charge in [0, 0.05) is 6.04 Å². The zero-order chi connectivity index (χ0) is 45.8. The van der Waals surface area contributed by atoms with Crippen molar-refractivity contribution in [3.05, 3.63) is 216 Å². The molecule has 0 amide bonds. The van der Waals surface area contributed by atoms with Gasteiger partial charge in [-0.05, 0) is 70.5 Å². The second-order valence-electron chi connectivity index (χ2n) is 17.6. The number of aliphatic hydroxyl groups is 2. The summed E-state index contributed by atoms with van der Waals surface area (Å²) in [5.74, 6) is 1.93. The lowest BCUT2D eigenvalue weighted by Gasteiger charge is -2.44. The quantitative estimate of drug-likeness (QED) is 0.0738. The summed E-state index contributed by atoms with van der Waals surface area (Å²) in [6.45, 7) is 0. The number of ether oxygens (including phenoxy) is 3. The van der Waals surface area contributed by atoms with E-state index in [0.29, 0.717) is 22.7 Å². The van der Waals surface area contributed by atoms with E-state index >= 15 is 0 Å². The molecule has 8 aromatic rings. The number of methoxy groups -OCH3 is 2. The summed E-state index contributed by atoms with van der Waals surface area (Å²) < 4.78 is 20.2. The highest BCUT2D eigenvalue weighted by Gasteiger charge is 2.56. The van der Waals surface area contributed by atoms with E-state index in [0.717, 1.165) is 64.8 Å². The van der Waals surface area contributed by atoms with Crippen molar-refractivity contribution in [2.45, 2.75) is 79.7 Å². The van der Waals surface area contributed by atoms with Crippen molar-refractivity contribution in [3.63, 3.8) is 0 Å². The molecule has 6 aromatic carbocycles. The van der Waals surface area contributed by atoms with Gasteiger partial charge in [-0.25, -0.2) is 15.0 Å². The van der Waals surface area contributed by atoms with Gasteiger partial charge in [0.25, 0.3) is 0 Å². The molecule has 2 aromatic heterocycles. The number of nitrogens with one attached hydrogen (secondary N) is 2. The molecular weight excluding hydrogens is 837 g/mol. The van der Waals surface area contributed by atoms with Crippen LogP contribution in [0.1, 0.15) is 71.7 Å². The zero-order valence-electron chi connectivity index (χ0n) is 37.7. The SMILES string of the molecule is COc1ccc(C(Nc2ncnc3c2ncn3[C@@H]2O[C@H](C(O)C(c3ccccc3)(c3ccccc3)c3ccc(OC)cc3)[C@@H](NC3CCCCC3)[C@H]2O)(c2ccccc2)c2ccccc2)cc1. The minimum absolute atomic E-state index is 0.133. The van der Waals surface area contributed by atoms with Crippen molar-refractivity contribution in [2.24, 2.45) is 0 Å². The fourth-order valence-electron chi connectivity index (χ4n) is 10.7. The third-order valence-corrected chi connectivity index (χ3v) is 14.0. The Labute approximate surface area is 391 Å². The third kappa shape index (κ3) is 8.01. The van der Waals surface area contributed by atoms with Crippen LogP contribution in [0.4, 0.5) is 5.82 Å². The van der Waals surface area contributed by atoms with Crippen LogP contribution in [-0.4, -0.2) is 74.3 Å². The number of fused-ring (bicyclic) bond motifs is 1. The van der Waals surface area contributed by atoms with Gasteiger partial charge in [0.05, 0.1) is 38.1 Å². The summed E-state index contributed by atoms with van der Waals surface area (Å²) in [5.41, 5.74) is 4.41. The number of nitrogens with zero attached hydrogens (tertiary/aromatic N) is 4. The first-order valence-corrected chi connectivity index (χ1v) is 23.2. The van der Waals surface area contributed by atoms with Crippen LogP contribution in [0, 0.1) is 0 Å². The molecule has 1 saturated carbocycles. The number of hydrogen-bond acceptors (Lipinski definition) is 10. The molecule has 1 unspecified atom stereocenters. The second kappa shape index (κ2) is 19.1. The van der Waals surface area contributed by atoms with E-state index in [1.165, 1.54) is 12.7 Å². The molecule has 1 aliphatic heterocycles. The van der Waals surface area contributed by atoms with Gasteiger partial charge in [0.1, 0.15) is 35.6 Å². The number of aromatic nitrogens is 4. The lowest BCUT2D eigenvalue weighted by Crippen LogP contribution is -2.58. The molecule has 1 saturated heterocycles. The number of benzene rings is 6. The van der Waals surface area contributed by atoms with Crippen molar-refractivity contribution in [1.82, 2.24) is 24.8 Å². The monoisotopic (exact) mass is 892 g/mol. The van der Waals surface area contributed by atoms with Gasteiger partial charge >= 0.3 is 0 Å². The van der Waals surface area contributed by atoms with Crippen LogP contribution >= 0.6 is 0 Å². The predicted molar refractivity (Wildman–Crippen MR) is 260 cm³/mol. The number of aliphatic hydroxyl groups excluding tert-OH is 2. The van der Waals surface area contributed by atoms with E-state index in [4.69, 9.17) is 29.2 Å². The van der Waals surface area contributed by atoms with Crippen molar-refractivity contribution in [3.8, 4) is 11.5 Å². The predicted octanol–water partition coefficient (Wildman–Crippen LogP) is 9.19. The van der Waals surface area contributed by atoms with E-state index in [9.17, 15) is 10.2 Å². The molecule has 0 bridgehead atoms. The fourth-order valence-corrected chi connectivity index (χ4v) is 10.7. The molecule has 4 N–H and O–H groups in total. The van der Waals surface area contributed by atoms with E-state index in [-0.39, 0.29) is 6.04 Å². The van der Waals surface area contributed by atoms with Gasteiger partial charge in [-0.2, -0.15) is 0 Å². The Morgan fingerprint density at radius 1 is 0.612 bits per heavy atom. The highest BCUT2D eigenvalue weighted by Crippen LogP contribution is 2.48. The summed E-state index contributed by atoms with van der Waals surface area (Å²) in [4.78, 5) is 14.6. The summed E-state index contributed by atoms with van der Waals surface area (Å²) in [7, 11) is 3.31. The maximum absolute atomic E-state index is 13.5. The highest BCUT2D eigenvalue weighted by atomic mass is 16.5. The van der Waals surface area contributed by atoms with Crippen LogP contribution in [0.2, 0.25) is 0 Å². The summed E-state index contributed by atoms with van der Waals surface area (Å²) in [5, 5.41) is 34.1. The summed E-state index contributed by atoms with van der Waals surface area (Å²) in [6.07, 6.45) is 4.23. The van der Waals surface area contributed by atoms with Crippen LogP contribution in [0.15, 0.2) is 183 Å². The minimum Gasteiger partial charge on any atom is -0.497 e. The van der Waals surface area contributed by atoms with E-state index < -0.39 is 41.5 Å². The van der Waals surface area contributed by atoms with Crippen molar-refractivity contribution < 1.29 is 24.4 Å². The highest BCUT2D eigenvalue weighted by molar-refractivity contribution is 5.84. The van der Waals surface area contributed by atoms with Gasteiger partial charge in [-0.1, -0.05) is 165 Å². The maximum atomic E-state index is 13.5. The largest absolute Gasteiger partial charge is 0.497 e. The van der Waals surface area contributed by atoms with Crippen LogP contribution in [-0.2, 0) is 15.7 Å². The molecule has 2 fully saturated rings. The van der Waals surface area contributed by atoms with Gasteiger partial charge in [0.15, 0.2) is 23.2 Å². The van der Waals surface area contributed by atoms with E-state index in [1.807, 2.05) is 109 Å². The van der Waals surface area contributed by atoms with Gasteiger partial charge in [-0.15, -0.1) is 0 Å². The van der Waals surface area contributed by atoms with Gasteiger partial charge < -0.3 is 35.1 Å². The standard InChI is InChI=1S/C56H56N6O5/c1-65-45-32-28-40(29-33-45)55(38-18-8-3-9-19-38,39-20-10-4-11-21-39)51(64)50-47(60-44-26-16-7-17-27-44)49(63)54(67-50)62-37-59-48-52(57-36-58-53(48)62)61-56(41-22-12-5-13-23-41,42-24-14-6-15-25-42)43-30-34-46(66-2)35-31-43/h3-6,8-15,18-25,28-37,44,47,49-51,54,60,63-64H,7,16-17,26-27H2,1-2H3,(H,57,58,61)/t47-,49+,50-,51?,54+/m0/s1. The Hall–Kier alpha value is -6.89. The van der Waals surface area contributed by atoms with E-state index in [1.54, 1.807) is 25.1 Å². The third-order valence-electron chi connectivity index (χ3n) is 14.0. The molecule has 0 radical (unpaired) electrons. The Balaban J connectivity index is 1.10. The first-order valence-electron chi connectivity index (χ1n) is 23.2. The number of rotatable bonds is 15. The first kappa shape index (κ1) is 44.0. The minimum atomic E-state index is -1.21. The number of imidazole rings is 1. The number of hydrogen-bond donors (Lipinski definition) is 4. The molecule has 67 heavy (non-hydrogen) atoms. The van der Waals surface area contributed by atoms with Crippen molar-refractivity contribution >= 4 is 17.0 Å². The molecule has 10 rings (SSSR count). The Morgan fingerprint density at radius 3 is 1.61 bits per heavy atom. The molecule has 11 nitrogen and oxygen atoms in total. The van der Waals surface area contributed by atoms with Gasteiger partial charge in [-0.3, -0.25) is 4.57 Å². The van der Waals surface area contributed by atoms with Crippen LogP contribution in [0.3, 0.4) is 0 Å². The Morgan fingerprint density at radius 2 is 1.09 bits per heavy atom. The van der Waals surface area contributed by atoms with Crippen LogP contribution in [0.5, 0.6) is 11.5 Å². The van der Waals surface area contributed by atoms with Crippen molar-refractivity contribution in [1.29, 1.82) is 0 Å². The molecular formula is C56H56N6O5. The lowest BCUT2D eigenvalue weighted by molar-refractivity contribution is -0.0880. The topological polar surface area (TPSA) is 136 Å². The van der Waals surface area contributed by atoms with Crippen molar-refractivity contribution in [2.75, 3.05) is 19.5 Å². The smallest absolute Gasteiger partial charge is 0.167 e. The molecule has 11 heteroatoms.